The van der Waals surface area contributed by atoms with E-state index in [1.807, 2.05) is 6.92 Å². The summed E-state index contributed by atoms with van der Waals surface area (Å²) in [5.74, 6) is 0.135. The Morgan fingerprint density at radius 1 is 1.50 bits per heavy atom. The van der Waals surface area contributed by atoms with E-state index in [9.17, 15) is 9.18 Å². The number of rotatable bonds is 3. The van der Waals surface area contributed by atoms with Crippen LogP contribution in [0.1, 0.15) is 6.92 Å². The fraction of sp³-hybridized carbons (Fsp3) is 0.462. The molecule has 0 bridgehead atoms. The van der Waals surface area contributed by atoms with Crippen molar-refractivity contribution in [3.05, 3.63) is 24.0 Å². The van der Waals surface area contributed by atoms with Crippen LogP contribution in [0.25, 0.3) is 0 Å². The van der Waals surface area contributed by atoms with E-state index in [0.29, 0.717) is 23.9 Å². The largest absolute Gasteiger partial charge is 0.494 e. The Labute approximate surface area is 106 Å². The van der Waals surface area contributed by atoms with Gasteiger partial charge in [-0.1, -0.05) is 6.92 Å². The standard InChI is InChI=1S/C13H17FN2O2/c1-8-6-15-7-10(8)13(17)16-11-4-3-9(14)5-12(11)18-2/h3-5,8,10,15H,6-7H2,1-2H3,(H,16,17). The highest BCUT2D eigenvalue weighted by atomic mass is 19.1. The Hall–Kier alpha value is -1.62. The first kappa shape index (κ1) is 12.8. The lowest BCUT2D eigenvalue weighted by molar-refractivity contribution is -0.120. The van der Waals surface area contributed by atoms with Crippen molar-refractivity contribution in [2.45, 2.75) is 6.92 Å². The van der Waals surface area contributed by atoms with Crippen molar-refractivity contribution in [3.63, 3.8) is 0 Å². The Balaban J connectivity index is 2.11. The average molecular weight is 252 g/mol. The molecule has 1 amide bonds. The number of carbonyl (C=O) groups excluding carboxylic acids is 1. The van der Waals surface area contributed by atoms with Gasteiger partial charge in [0.25, 0.3) is 0 Å². The summed E-state index contributed by atoms with van der Waals surface area (Å²) in [6.07, 6.45) is 0. The third kappa shape index (κ3) is 2.61. The van der Waals surface area contributed by atoms with Crippen molar-refractivity contribution in [1.82, 2.24) is 5.32 Å². The zero-order valence-electron chi connectivity index (χ0n) is 10.5. The summed E-state index contributed by atoms with van der Waals surface area (Å²) in [4.78, 5) is 12.1. The van der Waals surface area contributed by atoms with Gasteiger partial charge in [-0.2, -0.15) is 0 Å². The molecule has 2 rings (SSSR count). The molecule has 0 spiro atoms. The molecule has 4 nitrogen and oxygen atoms in total. The van der Waals surface area contributed by atoms with Gasteiger partial charge in [0.2, 0.25) is 5.91 Å². The van der Waals surface area contributed by atoms with Gasteiger partial charge in [0, 0.05) is 12.6 Å². The molecule has 0 aromatic heterocycles. The molecule has 2 N–H and O–H groups in total. The number of carbonyl (C=O) groups is 1. The Kier molecular flexibility index (Phi) is 3.81. The second-order valence-electron chi connectivity index (χ2n) is 4.58. The summed E-state index contributed by atoms with van der Waals surface area (Å²) in [7, 11) is 1.45. The normalized spacial score (nSPS) is 22.8. The third-order valence-electron chi connectivity index (χ3n) is 3.28. The second kappa shape index (κ2) is 5.35. The van der Waals surface area contributed by atoms with Crippen LogP contribution in [0.3, 0.4) is 0 Å². The van der Waals surface area contributed by atoms with Crippen molar-refractivity contribution < 1.29 is 13.9 Å². The quantitative estimate of drug-likeness (QED) is 0.859. The molecule has 0 saturated carbocycles. The fourth-order valence-electron chi connectivity index (χ4n) is 2.15. The van der Waals surface area contributed by atoms with E-state index in [2.05, 4.69) is 10.6 Å². The van der Waals surface area contributed by atoms with Crippen molar-refractivity contribution in [2.75, 3.05) is 25.5 Å². The van der Waals surface area contributed by atoms with E-state index in [-0.39, 0.29) is 17.6 Å². The van der Waals surface area contributed by atoms with Crippen LogP contribution in [0.5, 0.6) is 5.75 Å². The van der Waals surface area contributed by atoms with Crippen molar-refractivity contribution in [1.29, 1.82) is 0 Å². The van der Waals surface area contributed by atoms with Crippen LogP contribution in [-0.4, -0.2) is 26.1 Å². The lowest BCUT2D eigenvalue weighted by Crippen LogP contribution is -2.28. The first-order valence-corrected chi connectivity index (χ1v) is 5.97. The van der Waals surface area contributed by atoms with Gasteiger partial charge in [-0.25, -0.2) is 4.39 Å². The average Bonchev–Trinajstić information content (AvgIpc) is 2.77. The van der Waals surface area contributed by atoms with Crippen molar-refractivity contribution >= 4 is 11.6 Å². The number of benzene rings is 1. The van der Waals surface area contributed by atoms with Gasteiger partial charge >= 0.3 is 0 Å². The molecule has 2 unspecified atom stereocenters. The van der Waals surface area contributed by atoms with Crippen LogP contribution in [0, 0.1) is 17.7 Å². The minimum atomic E-state index is -0.388. The smallest absolute Gasteiger partial charge is 0.229 e. The number of halogens is 1. The van der Waals surface area contributed by atoms with Crippen LogP contribution in [0.4, 0.5) is 10.1 Å². The summed E-state index contributed by atoms with van der Waals surface area (Å²) in [6.45, 7) is 3.56. The molecule has 0 radical (unpaired) electrons. The maximum Gasteiger partial charge on any atom is 0.229 e. The van der Waals surface area contributed by atoms with Crippen LogP contribution in [-0.2, 0) is 4.79 Å². The minimum absolute atomic E-state index is 0.0558. The van der Waals surface area contributed by atoms with Gasteiger partial charge in [-0.3, -0.25) is 4.79 Å². The monoisotopic (exact) mass is 252 g/mol. The van der Waals surface area contributed by atoms with Crippen molar-refractivity contribution in [3.8, 4) is 5.75 Å². The topological polar surface area (TPSA) is 50.4 Å². The summed E-state index contributed by atoms with van der Waals surface area (Å²) in [5, 5.41) is 5.96. The van der Waals surface area contributed by atoms with Gasteiger partial charge in [0.15, 0.2) is 0 Å². The van der Waals surface area contributed by atoms with Gasteiger partial charge < -0.3 is 15.4 Å². The molecular weight excluding hydrogens is 235 g/mol. The molecule has 1 fully saturated rings. The minimum Gasteiger partial charge on any atom is -0.494 e. The highest BCUT2D eigenvalue weighted by molar-refractivity contribution is 5.94. The fourth-order valence-corrected chi connectivity index (χ4v) is 2.15. The van der Waals surface area contributed by atoms with E-state index in [4.69, 9.17) is 4.74 Å². The van der Waals surface area contributed by atoms with E-state index < -0.39 is 0 Å². The molecule has 18 heavy (non-hydrogen) atoms. The van der Waals surface area contributed by atoms with Gasteiger partial charge in [0.1, 0.15) is 11.6 Å². The van der Waals surface area contributed by atoms with Crippen LogP contribution < -0.4 is 15.4 Å². The third-order valence-corrected chi connectivity index (χ3v) is 3.28. The van der Waals surface area contributed by atoms with E-state index in [0.717, 1.165) is 6.54 Å². The Morgan fingerprint density at radius 3 is 2.89 bits per heavy atom. The van der Waals surface area contributed by atoms with Gasteiger partial charge in [-0.15, -0.1) is 0 Å². The lowest BCUT2D eigenvalue weighted by Gasteiger charge is -2.16. The number of amides is 1. The lowest BCUT2D eigenvalue weighted by atomic mass is 9.97. The molecule has 1 aromatic rings. The number of nitrogens with one attached hydrogen (secondary N) is 2. The van der Waals surface area contributed by atoms with Crippen LogP contribution >= 0.6 is 0 Å². The molecule has 1 saturated heterocycles. The highest BCUT2D eigenvalue weighted by Gasteiger charge is 2.29. The predicted molar refractivity (Wildman–Crippen MR) is 67.1 cm³/mol. The number of hydrogen-bond acceptors (Lipinski definition) is 3. The Morgan fingerprint density at radius 2 is 2.28 bits per heavy atom. The summed E-state index contributed by atoms with van der Waals surface area (Å²) < 4.78 is 18.1. The first-order chi connectivity index (χ1) is 8.61. The summed E-state index contributed by atoms with van der Waals surface area (Å²) >= 11 is 0. The number of methoxy groups -OCH3 is 1. The molecule has 1 aliphatic heterocycles. The zero-order chi connectivity index (χ0) is 13.1. The molecular formula is C13H17FN2O2. The molecule has 1 aliphatic rings. The number of hydrogen-bond donors (Lipinski definition) is 2. The molecule has 1 heterocycles. The number of ether oxygens (including phenoxy) is 1. The summed E-state index contributed by atoms with van der Waals surface area (Å²) in [5.41, 5.74) is 0.503. The maximum atomic E-state index is 13.0. The SMILES string of the molecule is COc1cc(F)ccc1NC(=O)C1CNCC1C. The van der Waals surface area contributed by atoms with E-state index in [1.165, 1.54) is 25.3 Å². The molecule has 0 aliphatic carbocycles. The van der Waals surface area contributed by atoms with E-state index >= 15 is 0 Å². The Bertz CT molecular complexity index is 451. The molecule has 98 valence electrons. The predicted octanol–water partition coefficient (Wildman–Crippen LogP) is 1.63. The van der Waals surface area contributed by atoms with E-state index in [1.54, 1.807) is 0 Å². The first-order valence-electron chi connectivity index (χ1n) is 5.97. The second-order valence-corrected chi connectivity index (χ2v) is 4.58. The maximum absolute atomic E-state index is 13.0. The zero-order valence-corrected chi connectivity index (χ0v) is 10.5. The molecule has 2 atom stereocenters. The van der Waals surface area contributed by atoms with Crippen molar-refractivity contribution in [2.24, 2.45) is 11.8 Å². The molecule has 1 aromatic carbocycles. The highest BCUT2D eigenvalue weighted by Crippen LogP contribution is 2.26. The van der Waals surface area contributed by atoms with Gasteiger partial charge in [0.05, 0.1) is 18.7 Å². The van der Waals surface area contributed by atoms with Crippen LogP contribution in [0.2, 0.25) is 0 Å². The molecule has 5 heteroatoms. The van der Waals surface area contributed by atoms with Gasteiger partial charge in [-0.05, 0) is 24.6 Å². The van der Waals surface area contributed by atoms with Crippen LogP contribution in [0.15, 0.2) is 18.2 Å². The summed E-state index contributed by atoms with van der Waals surface area (Å²) in [6, 6.07) is 4.07. The number of anilines is 1.